The fourth-order valence-electron chi connectivity index (χ4n) is 4.96. The van der Waals surface area contributed by atoms with Crippen molar-refractivity contribution in [3.05, 3.63) is 36.4 Å². The minimum Gasteiger partial charge on any atom is -0.436 e. The van der Waals surface area contributed by atoms with E-state index in [9.17, 15) is 0 Å². The van der Waals surface area contributed by atoms with Gasteiger partial charge in [-0.1, -0.05) is 99.2 Å². The standard InChI is InChI=1S/C26H52O3Si4/c1-11-25-21-23-26(24-22-25)31(15-5,16-6)28-33(19-9,20-10)29-32(17-7,18-8)27-30(12-2,13-3)14-4/h11,21-24H,1,12-20H2,2-10H3. The van der Waals surface area contributed by atoms with Crippen LogP contribution in [0.5, 0.6) is 0 Å². The fourth-order valence-corrected chi connectivity index (χ4v) is 27.3. The summed E-state index contributed by atoms with van der Waals surface area (Å²) in [5, 5.41) is 1.39. The van der Waals surface area contributed by atoms with Gasteiger partial charge in [0.1, 0.15) is 0 Å². The van der Waals surface area contributed by atoms with Gasteiger partial charge in [-0.2, -0.15) is 0 Å². The molecule has 0 bridgehead atoms. The third kappa shape index (κ3) is 7.12. The predicted octanol–water partition coefficient (Wildman–Crippen LogP) is 8.54. The van der Waals surface area contributed by atoms with Crippen LogP contribution in [0.3, 0.4) is 0 Å². The molecule has 0 amide bonds. The first-order valence-corrected chi connectivity index (χ1v) is 22.9. The molecule has 7 heteroatoms. The van der Waals surface area contributed by atoms with E-state index >= 15 is 0 Å². The summed E-state index contributed by atoms with van der Waals surface area (Å²) in [5.41, 5.74) is 1.16. The normalized spacial score (nSPS) is 13.4. The van der Waals surface area contributed by atoms with E-state index < -0.39 is 33.8 Å². The van der Waals surface area contributed by atoms with Crippen LogP contribution < -0.4 is 5.19 Å². The lowest BCUT2D eigenvalue weighted by atomic mass is 10.2. The molecule has 0 saturated carbocycles. The Labute approximate surface area is 210 Å². The van der Waals surface area contributed by atoms with Gasteiger partial charge in [0.2, 0.25) is 8.32 Å². The van der Waals surface area contributed by atoms with E-state index in [2.05, 4.69) is 93.2 Å². The lowest BCUT2D eigenvalue weighted by Gasteiger charge is -2.47. The molecule has 0 unspecified atom stereocenters. The van der Waals surface area contributed by atoms with Gasteiger partial charge in [0.25, 0.3) is 0 Å². The highest BCUT2D eigenvalue weighted by atomic mass is 28.5. The molecule has 190 valence electrons. The molecule has 1 aromatic rings. The summed E-state index contributed by atoms with van der Waals surface area (Å²) in [6, 6.07) is 18.6. The first-order valence-electron chi connectivity index (χ1n) is 13.5. The van der Waals surface area contributed by atoms with E-state index in [1.165, 1.54) is 23.3 Å². The Morgan fingerprint density at radius 2 is 1.00 bits per heavy atom. The molecule has 0 aliphatic rings. The Bertz CT molecular complexity index is 684. The highest BCUT2D eigenvalue weighted by Gasteiger charge is 2.52. The SMILES string of the molecule is C=Cc1ccc([Si](CC)(CC)O[Si](CC)(CC)O[Si](CC)(CC)O[Si](CC)(CC)CC)cc1. The third-order valence-electron chi connectivity index (χ3n) is 8.06. The first-order chi connectivity index (χ1) is 15.7. The summed E-state index contributed by atoms with van der Waals surface area (Å²) in [7, 11) is -8.72. The average molecular weight is 525 g/mol. The van der Waals surface area contributed by atoms with Crippen molar-refractivity contribution in [1.82, 2.24) is 0 Å². The van der Waals surface area contributed by atoms with Crippen LogP contribution in [0.2, 0.25) is 54.4 Å². The van der Waals surface area contributed by atoms with Crippen molar-refractivity contribution in [2.75, 3.05) is 0 Å². The van der Waals surface area contributed by atoms with Crippen LogP contribution in [0.15, 0.2) is 30.8 Å². The van der Waals surface area contributed by atoms with Gasteiger partial charge in [-0.25, -0.2) is 0 Å². The summed E-state index contributed by atoms with van der Waals surface area (Å²) in [6.45, 7) is 24.7. The van der Waals surface area contributed by atoms with Crippen molar-refractivity contribution in [3.8, 4) is 0 Å². The van der Waals surface area contributed by atoms with E-state index in [-0.39, 0.29) is 0 Å². The molecule has 0 N–H and O–H groups in total. The zero-order chi connectivity index (χ0) is 25.2. The van der Waals surface area contributed by atoms with Crippen molar-refractivity contribution < 1.29 is 12.3 Å². The zero-order valence-electron chi connectivity index (χ0n) is 23.2. The van der Waals surface area contributed by atoms with E-state index in [1.807, 2.05) is 6.08 Å². The lowest BCUT2D eigenvalue weighted by Crippen LogP contribution is -2.64. The molecular weight excluding hydrogens is 473 g/mol. The van der Waals surface area contributed by atoms with Crippen LogP contribution in [0.1, 0.15) is 67.9 Å². The Hall–Kier alpha value is -0.292. The van der Waals surface area contributed by atoms with Crippen molar-refractivity contribution in [2.45, 2.75) is 117 Å². The molecule has 0 fully saturated rings. The number of benzene rings is 1. The molecule has 0 radical (unpaired) electrons. The van der Waals surface area contributed by atoms with E-state index in [0.717, 1.165) is 41.8 Å². The molecule has 0 saturated heterocycles. The van der Waals surface area contributed by atoms with E-state index in [1.54, 1.807) is 0 Å². The van der Waals surface area contributed by atoms with Gasteiger partial charge in [-0.3, -0.25) is 0 Å². The van der Waals surface area contributed by atoms with Crippen LogP contribution in [0.25, 0.3) is 6.08 Å². The van der Waals surface area contributed by atoms with E-state index in [0.29, 0.717) is 0 Å². The van der Waals surface area contributed by atoms with Crippen molar-refractivity contribution >= 4 is 45.0 Å². The summed E-state index contributed by atoms with van der Waals surface area (Å²) in [4.78, 5) is 0. The highest BCUT2D eigenvalue weighted by Crippen LogP contribution is 2.37. The molecular formula is C26H52O3Si4. The first kappa shape index (κ1) is 30.7. The Morgan fingerprint density at radius 3 is 1.33 bits per heavy atom. The van der Waals surface area contributed by atoms with Gasteiger partial charge in [-0.05, 0) is 65.1 Å². The van der Waals surface area contributed by atoms with Crippen LogP contribution in [0.4, 0.5) is 0 Å². The molecule has 0 aliphatic heterocycles. The van der Waals surface area contributed by atoms with Crippen LogP contribution >= 0.6 is 0 Å². The minimum absolute atomic E-state index is 0.986. The summed E-state index contributed by atoms with van der Waals surface area (Å²) < 4.78 is 22.1. The van der Waals surface area contributed by atoms with Gasteiger partial charge in [0, 0.05) is 0 Å². The van der Waals surface area contributed by atoms with Crippen LogP contribution in [-0.4, -0.2) is 33.8 Å². The van der Waals surface area contributed by atoms with Crippen molar-refractivity contribution in [3.63, 3.8) is 0 Å². The van der Waals surface area contributed by atoms with Gasteiger partial charge >= 0.3 is 17.1 Å². The molecule has 0 aromatic heterocycles. The smallest absolute Gasteiger partial charge is 0.318 e. The van der Waals surface area contributed by atoms with Crippen molar-refractivity contribution in [1.29, 1.82) is 0 Å². The Morgan fingerprint density at radius 1 is 0.576 bits per heavy atom. The van der Waals surface area contributed by atoms with Crippen LogP contribution in [-0.2, 0) is 12.3 Å². The largest absolute Gasteiger partial charge is 0.436 e. The third-order valence-corrected chi connectivity index (χ3v) is 29.2. The molecule has 1 aromatic carbocycles. The molecule has 0 spiro atoms. The predicted molar refractivity (Wildman–Crippen MR) is 157 cm³/mol. The van der Waals surface area contributed by atoms with E-state index in [4.69, 9.17) is 12.3 Å². The Balaban J connectivity index is 3.45. The molecule has 0 heterocycles. The second-order valence-corrected chi connectivity index (χ2v) is 26.7. The van der Waals surface area contributed by atoms with Crippen molar-refractivity contribution in [2.24, 2.45) is 0 Å². The molecule has 1 rings (SSSR count). The molecule has 3 nitrogen and oxygen atoms in total. The topological polar surface area (TPSA) is 27.7 Å². The molecule has 33 heavy (non-hydrogen) atoms. The summed E-state index contributed by atoms with van der Waals surface area (Å²) >= 11 is 0. The number of hydrogen-bond donors (Lipinski definition) is 0. The second-order valence-electron chi connectivity index (χ2n) is 9.31. The summed E-state index contributed by atoms with van der Waals surface area (Å²) in [5.74, 6) is 0. The number of hydrogen-bond acceptors (Lipinski definition) is 3. The fraction of sp³-hybridized carbons (Fsp3) is 0.692. The molecule has 0 aliphatic carbocycles. The Kier molecular flexibility index (Phi) is 12.8. The van der Waals surface area contributed by atoms with Gasteiger partial charge in [0.05, 0.1) is 0 Å². The maximum absolute atomic E-state index is 7.46. The quantitative estimate of drug-likeness (QED) is 0.191. The van der Waals surface area contributed by atoms with Gasteiger partial charge in [0.15, 0.2) is 8.32 Å². The zero-order valence-corrected chi connectivity index (χ0v) is 27.2. The highest BCUT2D eigenvalue weighted by molar-refractivity contribution is 6.95. The van der Waals surface area contributed by atoms with Crippen LogP contribution in [0, 0.1) is 0 Å². The van der Waals surface area contributed by atoms with Gasteiger partial charge in [-0.15, -0.1) is 0 Å². The average Bonchev–Trinajstić information content (AvgIpc) is 2.89. The maximum Gasteiger partial charge on any atom is 0.318 e. The summed E-state index contributed by atoms with van der Waals surface area (Å²) in [6.07, 6.45) is 1.91. The van der Waals surface area contributed by atoms with Gasteiger partial charge < -0.3 is 12.3 Å². The lowest BCUT2D eigenvalue weighted by molar-refractivity contribution is 0.303. The maximum atomic E-state index is 7.46. The second kappa shape index (κ2) is 13.7. The molecule has 0 atom stereocenters. The number of rotatable bonds is 17. The monoisotopic (exact) mass is 524 g/mol. The minimum atomic E-state index is -2.44.